The van der Waals surface area contributed by atoms with E-state index < -0.39 is 8.32 Å². The normalized spacial score (nSPS) is 39.6. The summed E-state index contributed by atoms with van der Waals surface area (Å²) < 4.78 is 13.6. The molecule has 224 valence electrons. The highest BCUT2D eigenvalue weighted by molar-refractivity contribution is 6.99. The lowest BCUT2D eigenvalue weighted by Gasteiger charge is -2.61. The van der Waals surface area contributed by atoms with Crippen molar-refractivity contribution in [2.24, 2.45) is 40.4 Å². The van der Waals surface area contributed by atoms with Gasteiger partial charge >= 0.3 is 5.97 Å². The van der Waals surface area contributed by atoms with Crippen LogP contribution in [0.2, 0.25) is 5.04 Å². The molecule has 5 aliphatic rings. The van der Waals surface area contributed by atoms with Crippen molar-refractivity contribution in [2.45, 2.75) is 103 Å². The zero-order chi connectivity index (χ0) is 29.5. The molecular weight excluding hydrogens is 533 g/mol. The van der Waals surface area contributed by atoms with E-state index in [2.05, 4.69) is 102 Å². The van der Waals surface area contributed by atoms with E-state index in [1.165, 1.54) is 48.9 Å². The van der Waals surface area contributed by atoms with Gasteiger partial charge in [-0.3, -0.25) is 0 Å². The molecule has 4 heteroatoms. The number of fused-ring (bicyclic) bond motifs is 7. The molecule has 1 heterocycles. The maximum atomic E-state index is 12.4. The molecule has 0 radical (unpaired) electrons. The predicted molar refractivity (Wildman–Crippen MR) is 172 cm³/mol. The average Bonchev–Trinajstić information content (AvgIpc) is 3.43. The molecule has 0 N–H and O–H groups in total. The first kappa shape index (κ1) is 28.6. The lowest BCUT2D eigenvalue weighted by atomic mass is 9.44. The fraction of sp³-hybridized carbons (Fsp3) is 0.605. The van der Waals surface area contributed by atoms with Crippen LogP contribution in [-0.4, -0.2) is 26.5 Å². The van der Waals surface area contributed by atoms with Crippen LogP contribution < -0.4 is 10.4 Å². The first-order valence-corrected chi connectivity index (χ1v) is 18.6. The Morgan fingerprint density at radius 2 is 1.45 bits per heavy atom. The van der Waals surface area contributed by atoms with Crippen LogP contribution in [0, 0.1) is 40.4 Å². The third-order valence-corrected chi connectivity index (χ3v) is 18.4. The second-order valence-electron chi connectivity index (χ2n) is 16.1. The number of rotatable bonds is 4. The molecule has 5 fully saturated rings. The smallest absolute Gasteiger partial charge is 0.334 e. The SMILES string of the molecule is C=C1C(=O)O[C@H]2C[C@H]3[C@@H]4CC[C@H]5C[C@@H](O[Si](c6ccccc6)(c6ccccc6)C(C)(C)C)CC[C@]5(C)[C@H]4CC[C@]3(C)[C@@H]12. The van der Waals surface area contributed by atoms with E-state index in [1.54, 1.807) is 0 Å². The summed E-state index contributed by atoms with van der Waals surface area (Å²) in [6.45, 7) is 16.5. The van der Waals surface area contributed by atoms with Crippen LogP contribution in [0.3, 0.4) is 0 Å². The molecule has 1 aliphatic heterocycles. The Balaban J connectivity index is 1.15. The van der Waals surface area contributed by atoms with Crippen LogP contribution >= 0.6 is 0 Å². The third kappa shape index (κ3) is 4.03. The van der Waals surface area contributed by atoms with Gasteiger partial charge in [-0.2, -0.15) is 0 Å². The Morgan fingerprint density at radius 3 is 2.07 bits per heavy atom. The number of ether oxygens (including phenoxy) is 1. The van der Waals surface area contributed by atoms with Crippen molar-refractivity contribution in [3.63, 3.8) is 0 Å². The minimum absolute atomic E-state index is 0.00986. The highest BCUT2D eigenvalue weighted by Gasteiger charge is 2.66. The summed E-state index contributed by atoms with van der Waals surface area (Å²) >= 11 is 0. The van der Waals surface area contributed by atoms with E-state index in [4.69, 9.17) is 9.16 Å². The second kappa shape index (κ2) is 9.92. The van der Waals surface area contributed by atoms with Crippen LogP contribution in [-0.2, 0) is 14.0 Å². The monoisotopic (exact) mass is 582 g/mol. The van der Waals surface area contributed by atoms with Crippen molar-refractivity contribution < 1.29 is 14.0 Å². The van der Waals surface area contributed by atoms with Crippen LogP contribution in [0.15, 0.2) is 72.8 Å². The summed E-state index contributed by atoms with van der Waals surface area (Å²) in [5.41, 5.74) is 1.30. The van der Waals surface area contributed by atoms with Gasteiger partial charge in [-0.25, -0.2) is 4.79 Å². The lowest BCUT2D eigenvalue weighted by Crippen LogP contribution is -2.68. The summed E-state index contributed by atoms with van der Waals surface area (Å²) in [6.07, 6.45) is 10.1. The topological polar surface area (TPSA) is 35.5 Å². The maximum absolute atomic E-state index is 12.4. The van der Waals surface area contributed by atoms with Crippen molar-refractivity contribution in [3.05, 3.63) is 72.8 Å². The van der Waals surface area contributed by atoms with Gasteiger partial charge in [-0.15, -0.1) is 0 Å². The molecule has 3 nitrogen and oxygen atoms in total. The van der Waals surface area contributed by atoms with E-state index in [-0.39, 0.29) is 28.4 Å². The first-order chi connectivity index (χ1) is 20.0. The maximum Gasteiger partial charge on any atom is 0.334 e. The van der Waals surface area contributed by atoms with Gasteiger partial charge < -0.3 is 9.16 Å². The molecule has 4 aliphatic carbocycles. The largest absolute Gasteiger partial charge is 0.458 e. The molecule has 2 aromatic rings. The van der Waals surface area contributed by atoms with Gasteiger partial charge in [0.25, 0.3) is 8.32 Å². The van der Waals surface area contributed by atoms with Crippen molar-refractivity contribution in [2.75, 3.05) is 0 Å². The van der Waals surface area contributed by atoms with Crippen LogP contribution in [0.1, 0.15) is 86.0 Å². The van der Waals surface area contributed by atoms with Crippen LogP contribution in [0.25, 0.3) is 0 Å². The summed E-state index contributed by atoms with van der Waals surface area (Å²) in [5.74, 6) is 2.98. The van der Waals surface area contributed by atoms with Gasteiger partial charge in [0.05, 0.1) is 0 Å². The summed E-state index contributed by atoms with van der Waals surface area (Å²) in [5, 5.41) is 2.79. The molecule has 0 spiro atoms. The van der Waals surface area contributed by atoms with E-state index in [1.807, 2.05) is 0 Å². The highest BCUT2D eigenvalue weighted by atomic mass is 28.4. The Labute approximate surface area is 254 Å². The molecule has 0 amide bonds. The zero-order valence-electron chi connectivity index (χ0n) is 26.4. The summed E-state index contributed by atoms with van der Waals surface area (Å²) in [4.78, 5) is 12.4. The quantitative estimate of drug-likeness (QED) is 0.211. The zero-order valence-corrected chi connectivity index (χ0v) is 27.4. The Kier molecular flexibility index (Phi) is 6.75. The minimum atomic E-state index is -2.55. The molecule has 0 unspecified atom stereocenters. The number of hydrogen-bond acceptors (Lipinski definition) is 3. The van der Waals surface area contributed by atoms with Gasteiger partial charge in [0, 0.05) is 17.6 Å². The Hall–Kier alpha value is -2.17. The molecule has 7 rings (SSSR count). The molecule has 42 heavy (non-hydrogen) atoms. The number of hydrogen-bond donors (Lipinski definition) is 0. The van der Waals surface area contributed by atoms with Gasteiger partial charge in [0.15, 0.2) is 0 Å². The Bertz CT molecular complexity index is 1310. The van der Waals surface area contributed by atoms with Crippen LogP contribution in [0.5, 0.6) is 0 Å². The average molecular weight is 583 g/mol. The molecular formula is C38H50O3Si. The van der Waals surface area contributed by atoms with Crippen molar-refractivity contribution in [3.8, 4) is 0 Å². The third-order valence-electron chi connectivity index (χ3n) is 13.3. The molecule has 9 atom stereocenters. The number of benzene rings is 2. The van der Waals surface area contributed by atoms with Gasteiger partial charge in [-0.05, 0) is 101 Å². The van der Waals surface area contributed by atoms with E-state index in [0.29, 0.717) is 23.4 Å². The van der Waals surface area contributed by atoms with E-state index >= 15 is 0 Å². The van der Waals surface area contributed by atoms with Crippen LogP contribution in [0.4, 0.5) is 0 Å². The van der Waals surface area contributed by atoms with Crippen molar-refractivity contribution >= 4 is 24.7 Å². The molecule has 4 saturated carbocycles. The minimum Gasteiger partial charge on any atom is -0.458 e. The molecule has 0 bridgehead atoms. The number of carbonyl (C=O) groups is 1. The second-order valence-corrected chi connectivity index (χ2v) is 20.3. The predicted octanol–water partition coefficient (Wildman–Crippen LogP) is 7.68. The van der Waals surface area contributed by atoms with Crippen molar-refractivity contribution in [1.29, 1.82) is 0 Å². The molecule has 2 aromatic carbocycles. The fourth-order valence-corrected chi connectivity index (χ4v) is 16.1. The van der Waals surface area contributed by atoms with Crippen molar-refractivity contribution in [1.82, 2.24) is 0 Å². The highest BCUT2D eigenvalue weighted by Crippen LogP contribution is 2.69. The lowest BCUT2D eigenvalue weighted by molar-refractivity contribution is -0.140. The molecule has 0 aromatic heterocycles. The first-order valence-electron chi connectivity index (χ1n) is 16.7. The Morgan fingerprint density at radius 1 is 0.833 bits per heavy atom. The fourth-order valence-electron chi connectivity index (χ4n) is 11.3. The van der Waals surface area contributed by atoms with Gasteiger partial charge in [0.1, 0.15) is 6.10 Å². The molecule has 1 saturated heterocycles. The summed E-state index contributed by atoms with van der Waals surface area (Å²) in [7, 11) is -2.55. The van der Waals surface area contributed by atoms with Gasteiger partial charge in [0.2, 0.25) is 0 Å². The summed E-state index contributed by atoms with van der Waals surface area (Å²) in [6, 6.07) is 22.3. The van der Waals surface area contributed by atoms with Gasteiger partial charge in [-0.1, -0.05) is 102 Å². The number of esters is 1. The van der Waals surface area contributed by atoms with E-state index in [9.17, 15) is 4.79 Å². The van der Waals surface area contributed by atoms with E-state index in [0.717, 1.165) is 30.3 Å². The number of carbonyl (C=O) groups excluding carboxylic acids is 1. The standard InChI is InChI=1S/C38H50O3Si/c1-25-34-33(40-35(25)39)24-32-30-18-17-26-23-27(19-21-37(26,5)31(30)20-22-38(32,34)6)41-42(36(2,3)4,28-13-9-7-10-14-28)29-15-11-8-12-16-29/h7-16,26-27,30-34H,1,17-24H2,2-6H3/t26-,27-,30+,31-,32-,33-,34-,37-,38-/m0/s1.